The molecule has 0 atom stereocenters. The van der Waals surface area contributed by atoms with E-state index in [1.807, 2.05) is 23.5 Å². The molecule has 0 amide bonds. The second-order valence-electron chi connectivity index (χ2n) is 5.47. The molecule has 0 rings (SSSR count). The number of rotatable bonds is 15. The predicted octanol–water partition coefficient (Wildman–Crippen LogP) is 4.25. The Kier molecular flexibility index (Phi) is 15.1. The number of hydrogen-bond acceptors (Lipinski definition) is 6. The maximum absolute atomic E-state index is 11.1. The van der Waals surface area contributed by atoms with Gasteiger partial charge < -0.3 is 9.47 Å². The molecule has 24 heavy (non-hydrogen) atoms. The topological polar surface area (TPSA) is 52.6 Å². The summed E-state index contributed by atoms with van der Waals surface area (Å²) < 4.78 is 10.0. The molecule has 0 radical (unpaired) electrons. The van der Waals surface area contributed by atoms with Gasteiger partial charge in [0.15, 0.2) is 0 Å². The van der Waals surface area contributed by atoms with Crippen molar-refractivity contribution in [2.75, 3.05) is 36.2 Å². The minimum atomic E-state index is -0.303. The van der Waals surface area contributed by atoms with Crippen LogP contribution in [0.3, 0.4) is 0 Å². The summed E-state index contributed by atoms with van der Waals surface area (Å²) in [6.45, 7) is 11.3. The van der Waals surface area contributed by atoms with Gasteiger partial charge in [-0.05, 0) is 38.2 Å². The molecule has 0 unspecified atom stereocenters. The summed E-state index contributed by atoms with van der Waals surface area (Å²) in [5, 5.41) is 0. The molecule has 0 aliphatic heterocycles. The minimum Gasteiger partial charge on any atom is -0.461 e. The van der Waals surface area contributed by atoms with Crippen LogP contribution in [0.1, 0.15) is 39.5 Å². The number of carbonyl (C=O) groups is 2. The number of ether oxygens (including phenoxy) is 2. The highest BCUT2D eigenvalue weighted by molar-refractivity contribution is 7.99. The van der Waals surface area contributed by atoms with Crippen molar-refractivity contribution in [2.24, 2.45) is 0 Å². The molecule has 0 aromatic carbocycles. The quantitative estimate of drug-likeness (QED) is 0.243. The first kappa shape index (κ1) is 23.1. The van der Waals surface area contributed by atoms with Gasteiger partial charge >= 0.3 is 11.9 Å². The van der Waals surface area contributed by atoms with Gasteiger partial charge in [-0.15, -0.1) is 0 Å². The van der Waals surface area contributed by atoms with Crippen molar-refractivity contribution >= 4 is 35.5 Å². The van der Waals surface area contributed by atoms with Crippen molar-refractivity contribution < 1.29 is 19.1 Å². The van der Waals surface area contributed by atoms with Crippen LogP contribution in [-0.2, 0) is 19.1 Å². The van der Waals surface area contributed by atoms with Gasteiger partial charge in [-0.3, -0.25) is 0 Å². The highest BCUT2D eigenvalue weighted by Crippen LogP contribution is 2.11. The number of carbonyl (C=O) groups excluding carboxylic acids is 2. The maximum atomic E-state index is 11.1. The molecule has 0 aromatic rings. The van der Waals surface area contributed by atoms with Gasteiger partial charge in [-0.25, -0.2) is 9.59 Å². The lowest BCUT2D eigenvalue weighted by atomic mass is 10.2. The Hall–Kier alpha value is -0.880. The Morgan fingerprint density at radius 1 is 0.708 bits per heavy atom. The molecule has 0 aliphatic carbocycles. The van der Waals surface area contributed by atoms with E-state index in [-0.39, 0.29) is 11.9 Å². The van der Waals surface area contributed by atoms with Crippen LogP contribution in [-0.4, -0.2) is 48.2 Å². The highest BCUT2D eigenvalue weighted by Gasteiger charge is 2.02. The number of hydrogen-bond donors (Lipinski definition) is 0. The lowest BCUT2D eigenvalue weighted by molar-refractivity contribution is -0.139. The van der Waals surface area contributed by atoms with Gasteiger partial charge in [0.25, 0.3) is 0 Å². The zero-order valence-electron chi connectivity index (χ0n) is 14.9. The molecule has 0 heterocycles. The SMILES string of the molecule is C=C(C)C(=O)OCCSCCCCCCSCCOC(=O)C(=C)C. The molecule has 4 nitrogen and oxygen atoms in total. The Morgan fingerprint density at radius 3 is 1.42 bits per heavy atom. The maximum Gasteiger partial charge on any atom is 0.333 e. The van der Waals surface area contributed by atoms with E-state index >= 15 is 0 Å². The van der Waals surface area contributed by atoms with E-state index in [0.29, 0.717) is 24.4 Å². The second-order valence-corrected chi connectivity index (χ2v) is 7.92. The molecular formula is C18H30O4S2. The lowest BCUT2D eigenvalue weighted by Gasteiger charge is -2.05. The zero-order chi connectivity index (χ0) is 18.2. The van der Waals surface area contributed by atoms with Crippen LogP contribution in [0.5, 0.6) is 0 Å². The summed E-state index contributed by atoms with van der Waals surface area (Å²) in [5.41, 5.74) is 0.902. The van der Waals surface area contributed by atoms with Crippen molar-refractivity contribution in [3.63, 3.8) is 0 Å². The van der Waals surface area contributed by atoms with Crippen LogP contribution in [0.2, 0.25) is 0 Å². The molecule has 0 saturated heterocycles. The van der Waals surface area contributed by atoms with E-state index in [1.165, 1.54) is 25.7 Å². The zero-order valence-corrected chi connectivity index (χ0v) is 16.6. The van der Waals surface area contributed by atoms with Crippen LogP contribution in [0.4, 0.5) is 0 Å². The third kappa shape index (κ3) is 14.7. The summed E-state index contributed by atoms with van der Waals surface area (Å²) in [4.78, 5) is 22.3. The summed E-state index contributed by atoms with van der Waals surface area (Å²) in [5.74, 6) is 3.30. The van der Waals surface area contributed by atoms with Gasteiger partial charge in [0, 0.05) is 22.7 Å². The molecule has 0 aromatic heterocycles. The summed E-state index contributed by atoms with van der Waals surface area (Å²) in [6, 6.07) is 0. The standard InChI is InChI=1S/C18H30O4S2/c1-15(2)17(19)21-9-13-23-11-7-5-6-8-12-24-14-10-22-18(20)16(3)4/h1,3,5-14H2,2,4H3. The normalized spacial score (nSPS) is 10.2. The van der Waals surface area contributed by atoms with E-state index < -0.39 is 0 Å². The fourth-order valence-electron chi connectivity index (χ4n) is 1.60. The first-order valence-electron chi connectivity index (χ1n) is 8.26. The first-order valence-corrected chi connectivity index (χ1v) is 10.6. The van der Waals surface area contributed by atoms with E-state index in [1.54, 1.807) is 13.8 Å². The van der Waals surface area contributed by atoms with Crippen LogP contribution < -0.4 is 0 Å². The van der Waals surface area contributed by atoms with Gasteiger partial charge in [-0.1, -0.05) is 26.0 Å². The average molecular weight is 375 g/mol. The lowest BCUT2D eigenvalue weighted by Crippen LogP contribution is -2.07. The summed E-state index contributed by atoms with van der Waals surface area (Å²) in [7, 11) is 0. The average Bonchev–Trinajstić information content (AvgIpc) is 2.54. The van der Waals surface area contributed by atoms with Gasteiger partial charge in [0.05, 0.1) is 0 Å². The third-order valence-corrected chi connectivity index (χ3v) is 5.01. The first-order chi connectivity index (χ1) is 11.4. The smallest absolute Gasteiger partial charge is 0.333 e. The van der Waals surface area contributed by atoms with Crippen LogP contribution in [0.15, 0.2) is 24.3 Å². The van der Waals surface area contributed by atoms with Crippen molar-refractivity contribution in [2.45, 2.75) is 39.5 Å². The fraction of sp³-hybridized carbons (Fsp3) is 0.667. The second kappa shape index (κ2) is 15.6. The van der Waals surface area contributed by atoms with E-state index in [2.05, 4.69) is 13.2 Å². The number of thioether (sulfide) groups is 2. The molecule has 138 valence electrons. The summed E-state index contributed by atoms with van der Waals surface area (Å²) in [6.07, 6.45) is 4.84. The Balaban J connectivity index is 3.18. The highest BCUT2D eigenvalue weighted by atomic mass is 32.2. The van der Waals surface area contributed by atoms with Crippen LogP contribution >= 0.6 is 23.5 Å². The van der Waals surface area contributed by atoms with Gasteiger partial charge in [-0.2, -0.15) is 23.5 Å². The molecular weight excluding hydrogens is 344 g/mol. The molecule has 6 heteroatoms. The summed E-state index contributed by atoms with van der Waals surface area (Å²) >= 11 is 3.64. The Bertz CT molecular complexity index is 370. The van der Waals surface area contributed by atoms with Crippen LogP contribution in [0.25, 0.3) is 0 Å². The predicted molar refractivity (Wildman–Crippen MR) is 105 cm³/mol. The number of esters is 2. The molecule has 0 spiro atoms. The Morgan fingerprint density at radius 2 is 1.08 bits per heavy atom. The largest absolute Gasteiger partial charge is 0.461 e. The molecule has 0 fully saturated rings. The van der Waals surface area contributed by atoms with E-state index in [4.69, 9.17) is 9.47 Å². The Labute approximate surface area is 154 Å². The van der Waals surface area contributed by atoms with Crippen molar-refractivity contribution in [3.05, 3.63) is 24.3 Å². The minimum absolute atomic E-state index is 0.303. The van der Waals surface area contributed by atoms with Crippen molar-refractivity contribution in [1.82, 2.24) is 0 Å². The fourth-order valence-corrected chi connectivity index (χ4v) is 3.23. The molecule has 0 bridgehead atoms. The van der Waals surface area contributed by atoms with Gasteiger partial charge in [0.2, 0.25) is 0 Å². The molecule has 0 N–H and O–H groups in total. The number of unbranched alkanes of at least 4 members (excludes halogenated alkanes) is 3. The van der Waals surface area contributed by atoms with E-state index in [0.717, 1.165) is 23.0 Å². The third-order valence-electron chi connectivity index (χ3n) is 2.95. The van der Waals surface area contributed by atoms with Crippen molar-refractivity contribution in [1.29, 1.82) is 0 Å². The van der Waals surface area contributed by atoms with Gasteiger partial charge in [0.1, 0.15) is 13.2 Å². The van der Waals surface area contributed by atoms with Crippen LogP contribution in [0, 0.1) is 0 Å². The van der Waals surface area contributed by atoms with E-state index in [9.17, 15) is 9.59 Å². The monoisotopic (exact) mass is 374 g/mol. The molecule has 0 aliphatic rings. The molecule has 0 saturated carbocycles. The van der Waals surface area contributed by atoms with Crippen molar-refractivity contribution in [3.8, 4) is 0 Å².